The van der Waals surface area contributed by atoms with Gasteiger partial charge in [-0.15, -0.1) is 0 Å². The van der Waals surface area contributed by atoms with E-state index in [0.717, 1.165) is 32.1 Å². The van der Waals surface area contributed by atoms with Gasteiger partial charge in [-0.3, -0.25) is 4.79 Å². The summed E-state index contributed by atoms with van der Waals surface area (Å²) in [5, 5.41) is 3.19. The van der Waals surface area contributed by atoms with E-state index < -0.39 is 5.54 Å². The van der Waals surface area contributed by atoms with Crippen LogP contribution < -0.4 is 11.1 Å². The molecule has 0 aliphatic heterocycles. The molecule has 2 rings (SSSR count). The van der Waals surface area contributed by atoms with Crippen molar-refractivity contribution in [2.24, 2.45) is 11.7 Å². The first-order valence-corrected chi connectivity index (χ1v) is 6.72. The Balaban J connectivity index is 1.90. The standard InChI is InChI=1S/C13H24N2O/c1-10-6-2-3-7-11(10)15-12(16)13(14)8-4-5-9-13/h10-11H,2-9,14H2,1H3,(H,15,16). The van der Waals surface area contributed by atoms with Gasteiger partial charge in [0.05, 0.1) is 5.54 Å². The number of carbonyl (C=O) groups excluding carboxylic acids is 1. The molecule has 2 aliphatic carbocycles. The summed E-state index contributed by atoms with van der Waals surface area (Å²) in [5.41, 5.74) is 5.59. The molecule has 2 fully saturated rings. The van der Waals surface area contributed by atoms with E-state index in [4.69, 9.17) is 5.73 Å². The van der Waals surface area contributed by atoms with Crippen molar-refractivity contribution in [1.82, 2.24) is 5.32 Å². The Morgan fingerprint density at radius 2 is 1.81 bits per heavy atom. The van der Waals surface area contributed by atoms with Gasteiger partial charge in [-0.1, -0.05) is 32.6 Å². The van der Waals surface area contributed by atoms with Gasteiger partial charge in [0.15, 0.2) is 0 Å². The summed E-state index contributed by atoms with van der Waals surface area (Å²) in [6.45, 7) is 2.24. The van der Waals surface area contributed by atoms with E-state index in [0.29, 0.717) is 12.0 Å². The molecular formula is C13H24N2O. The second kappa shape index (κ2) is 4.74. The van der Waals surface area contributed by atoms with E-state index in [9.17, 15) is 4.79 Å². The molecule has 2 saturated carbocycles. The van der Waals surface area contributed by atoms with Crippen molar-refractivity contribution < 1.29 is 4.79 Å². The highest BCUT2D eigenvalue weighted by molar-refractivity contribution is 5.86. The second-order valence-electron chi connectivity index (χ2n) is 5.70. The Labute approximate surface area is 98.2 Å². The molecule has 1 amide bonds. The molecule has 3 heteroatoms. The normalized spacial score (nSPS) is 33.6. The highest BCUT2D eigenvalue weighted by Gasteiger charge is 2.38. The zero-order valence-corrected chi connectivity index (χ0v) is 10.3. The van der Waals surface area contributed by atoms with Crippen molar-refractivity contribution in [3.63, 3.8) is 0 Å². The molecule has 0 spiro atoms. The summed E-state index contributed by atoms with van der Waals surface area (Å²) >= 11 is 0. The van der Waals surface area contributed by atoms with Crippen molar-refractivity contribution in [2.45, 2.75) is 69.9 Å². The minimum absolute atomic E-state index is 0.101. The van der Waals surface area contributed by atoms with Crippen LogP contribution in [-0.2, 0) is 4.79 Å². The molecule has 0 aromatic heterocycles. The van der Waals surface area contributed by atoms with Crippen LogP contribution in [0.5, 0.6) is 0 Å². The van der Waals surface area contributed by atoms with Gasteiger partial charge >= 0.3 is 0 Å². The number of rotatable bonds is 2. The van der Waals surface area contributed by atoms with Gasteiger partial charge in [-0.05, 0) is 31.6 Å². The first-order valence-electron chi connectivity index (χ1n) is 6.72. The van der Waals surface area contributed by atoms with Crippen LogP contribution >= 0.6 is 0 Å². The number of hydrogen-bond donors (Lipinski definition) is 2. The van der Waals surface area contributed by atoms with Crippen LogP contribution in [0.1, 0.15) is 58.3 Å². The lowest BCUT2D eigenvalue weighted by Crippen LogP contribution is -2.55. The summed E-state index contributed by atoms with van der Waals surface area (Å²) in [4.78, 5) is 12.1. The molecule has 16 heavy (non-hydrogen) atoms. The predicted octanol–water partition coefficient (Wildman–Crippen LogP) is 1.95. The van der Waals surface area contributed by atoms with Gasteiger partial charge in [0.2, 0.25) is 5.91 Å². The first kappa shape index (κ1) is 11.9. The number of hydrogen-bond acceptors (Lipinski definition) is 2. The lowest BCUT2D eigenvalue weighted by molar-refractivity contribution is -0.127. The Bertz CT molecular complexity index is 259. The SMILES string of the molecule is CC1CCCCC1NC(=O)C1(N)CCCC1. The summed E-state index contributed by atoms with van der Waals surface area (Å²) < 4.78 is 0. The third kappa shape index (κ3) is 2.40. The minimum atomic E-state index is -0.558. The van der Waals surface area contributed by atoms with Crippen molar-refractivity contribution in [2.75, 3.05) is 0 Å². The van der Waals surface area contributed by atoms with E-state index >= 15 is 0 Å². The zero-order chi connectivity index (χ0) is 11.6. The summed E-state index contributed by atoms with van der Waals surface area (Å²) in [5.74, 6) is 0.714. The first-order chi connectivity index (χ1) is 7.62. The second-order valence-corrected chi connectivity index (χ2v) is 5.70. The van der Waals surface area contributed by atoms with Crippen LogP contribution in [0.3, 0.4) is 0 Å². The van der Waals surface area contributed by atoms with E-state index in [1.807, 2.05) is 0 Å². The molecule has 2 atom stereocenters. The lowest BCUT2D eigenvalue weighted by Gasteiger charge is -2.32. The number of amides is 1. The Morgan fingerprint density at radius 1 is 1.19 bits per heavy atom. The van der Waals surface area contributed by atoms with E-state index in [2.05, 4.69) is 12.2 Å². The fourth-order valence-electron chi connectivity index (χ4n) is 3.08. The number of nitrogens with two attached hydrogens (primary N) is 1. The minimum Gasteiger partial charge on any atom is -0.352 e. The largest absolute Gasteiger partial charge is 0.352 e. The number of carbonyl (C=O) groups is 1. The van der Waals surface area contributed by atoms with E-state index in [1.54, 1.807) is 0 Å². The van der Waals surface area contributed by atoms with Crippen LogP contribution in [0.25, 0.3) is 0 Å². The van der Waals surface area contributed by atoms with Crippen molar-refractivity contribution in [3.05, 3.63) is 0 Å². The molecule has 3 nitrogen and oxygen atoms in total. The maximum Gasteiger partial charge on any atom is 0.240 e. The van der Waals surface area contributed by atoms with Gasteiger partial charge in [0.25, 0.3) is 0 Å². The zero-order valence-electron chi connectivity index (χ0n) is 10.3. The van der Waals surface area contributed by atoms with Gasteiger partial charge in [0.1, 0.15) is 0 Å². The monoisotopic (exact) mass is 224 g/mol. The maximum atomic E-state index is 12.1. The van der Waals surface area contributed by atoms with Crippen LogP contribution in [-0.4, -0.2) is 17.5 Å². The topological polar surface area (TPSA) is 55.1 Å². The van der Waals surface area contributed by atoms with Gasteiger partial charge in [0, 0.05) is 6.04 Å². The third-order valence-corrected chi connectivity index (χ3v) is 4.38. The molecule has 92 valence electrons. The molecule has 0 radical (unpaired) electrons. The quantitative estimate of drug-likeness (QED) is 0.753. The molecule has 0 saturated heterocycles. The van der Waals surface area contributed by atoms with E-state index in [-0.39, 0.29) is 5.91 Å². The third-order valence-electron chi connectivity index (χ3n) is 4.38. The van der Waals surface area contributed by atoms with Crippen molar-refractivity contribution in [3.8, 4) is 0 Å². The van der Waals surface area contributed by atoms with Crippen LogP contribution in [0.4, 0.5) is 0 Å². The molecule has 0 bridgehead atoms. The Morgan fingerprint density at radius 3 is 2.44 bits per heavy atom. The Hall–Kier alpha value is -0.570. The van der Waals surface area contributed by atoms with Crippen LogP contribution in [0.15, 0.2) is 0 Å². The average Bonchev–Trinajstić information content (AvgIpc) is 2.70. The highest BCUT2D eigenvalue weighted by atomic mass is 16.2. The van der Waals surface area contributed by atoms with Crippen molar-refractivity contribution in [1.29, 1.82) is 0 Å². The summed E-state index contributed by atoms with van der Waals surface area (Å²) in [7, 11) is 0. The maximum absolute atomic E-state index is 12.1. The molecule has 0 heterocycles. The van der Waals surface area contributed by atoms with Gasteiger partial charge in [-0.2, -0.15) is 0 Å². The summed E-state index contributed by atoms with van der Waals surface area (Å²) in [6, 6.07) is 0.363. The lowest BCUT2D eigenvalue weighted by atomic mass is 9.85. The molecule has 0 aromatic rings. The van der Waals surface area contributed by atoms with Gasteiger partial charge in [-0.25, -0.2) is 0 Å². The molecule has 2 unspecified atom stereocenters. The molecule has 3 N–H and O–H groups in total. The van der Waals surface area contributed by atoms with Crippen LogP contribution in [0, 0.1) is 5.92 Å². The highest BCUT2D eigenvalue weighted by Crippen LogP contribution is 2.29. The fraction of sp³-hybridized carbons (Fsp3) is 0.923. The van der Waals surface area contributed by atoms with Crippen molar-refractivity contribution >= 4 is 5.91 Å². The van der Waals surface area contributed by atoms with Gasteiger partial charge < -0.3 is 11.1 Å². The molecule has 0 aromatic carbocycles. The summed E-state index contributed by atoms with van der Waals surface area (Å²) in [6.07, 6.45) is 8.84. The predicted molar refractivity (Wildman–Crippen MR) is 64.9 cm³/mol. The fourth-order valence-corrected chi connectivity index (χ4v) is 3.08. The average molecular weight is 224 g/mol. The molecule has 2 aliphatic rings. The Kier molecular flexibility index (Phi) is 3.53. The molecular weight excluding hydrogens is 200 g/mol. The van der Waals surface area contributed by atoms with Crippen LogP contribution in [0.2, 0.25) is 0 Å². The number of nitrogens with one attached hydrogen (secondary N) is 1. The van der Waals surface area contributed by atoms with E-state index in [1.165, 1.54) is 19.3 Å². The smallest absolute Gasteiger partial charge is 0.240 e.